The summed E-state index contributed by atoms with van der Waals surface area (Å²) in [6.07, 6.45) is 0. The van der Waals surface area contributed by atoms with Crippen molar-refractivity contribution < 1.29 is 22.8 Å². The molecule has 0 spiro atoms. The highest BCUT2D eigenvalue weighted by molar-refractivity contribution is 7.89. The molecule has 9 heteroatoms. The summed E-state index contributed by atoms with van der Waals surface area (Å²) in [4.78, 5) is 13.4. The van der Waals surface area contributed by atoms with Gasteiger partial charge in [0.2, 0.25) is 10.0 Å². The summed E-state index contributed by atoms with van der Waals surface area (Å²) in [6.45, 7) is 7.44. The average molecular weight is 391 g/mol. The van der Waals surface area contributed by atoms with Crippen molar-refractivity contribution in [2.45, 2.75) is 18.7 Å². The fraction of sp³-hybridized carbons (Fsp3) is 0.562. The Morgan fingerprint density at radius 2 is 1.92 bits per heavy atom. The van der Waals surface area contributed by atoms with E-state index in [1.165, 1.54) is 16.4 Å². The molecule has 1 aliphatic heterocycles. The maximum absolute atomic E-state index is 12.7. The van der Waals surface area contributed by atoms with Crippen LogP contribution in [0.5, 0.6) is 0 Å². The molecule has 0 atom stereocenters. The summed E-state index contributed by atoms with van der Waals surface area (Å²) >= 11 is 6.09. The van der Waals surface area contributed by atoms with Crippen molar-refractivity contribution in [1.82, 2.24) is 4.31 Å². The Kier molecular flexibility index (Phi) is 7.21. The minimum atomic E-state index is -3.69. The van der Waals surface area contributed by atoms with Crippen LogP contribution >= 0.6 is 11.6 Å². The number of carbonyl (C=O) groups is 1. The lowest BCUT2D eigenvalue weighted by Crippen LogP contribution is -3.15. The van der Waals surface area contributed by atoms with E-state index < -0.39 is 10.0 Å². The molecule has 2 N–H and O–H groups in total. The number of morpholine rings is 1. The Balaban J connectivity index is 2.14. The van der Waals surface area contributed by atoms with E-state index in [1.807, 2.05) is 0 Å². The Morgan fingerprint density at radius 1 is 1.28 bits per heavy atom. The van der Waals surface area contributed by atoms with E-state index in [0.29, 0.717) is 38.5 Å². The number of carbonyl (C=O) groups excluding carboxylic acids is 1. The van der Waals surface area contributed by atoms with Gasteiger partial charge in [-0.25, -0.2) is 8.42 Å². The van der Waals surface area contributed by atoms with Crippen LogP contribution in [0.3, 0.4) is 0 Å². The Labute approximate surface area is 153 Å². The number of benzene rings is 1. The lowest BCUT2D eigenvalue weighted by atomic mass is 10.3. The van der Waals surface area contributed by atoms with Crippen molar-refractivity contribution in [1.29, 1.82) is 0 Å². The third-order valence-electron chi connectivity index (χ3n) is 4.15. The number of nitrogens with zero attached hydrogens (tertiary/aromatic N) is 1. The van der Waals surface area contributed by atoms with Crippen molar-refractivity contribution in [2.75, 3.05) is 51.3 Å². The number of ether oxygens (including phenoxy) is 1. The number of sulfonamides is 1. The van der Waals surface area contributed by atoms with Crippen molar-refractivity contribution in [3.05, 3.63) is 23.2 Å². The summed E-state index contributed by atoms with van der Waals surface area (Å²) < 4.78 is 32.0. The molecule has 1 aliphatic rings. The minimum absolute atomic E-state index is 0.00869. The van der Waals surface area contributed by atoms with Crippen molar-refractivity contribution >= 4 is 33.2 Å². The largest absolute Gasteiger partial charge is 0.370 e. The lowest BCUT2D eigenvalue weighted by Gasteiger charge is -2.23. The van der Waals surface area contributed by atoms with Gasteiger partial charge >= 0.3 is 0 Å². The third-order valence-corrected chi connectivity index (χ3v) is 6.68. The van der Waals surface area contributed by atoms with Gasteiger partial charge in [0.25, 0.3) is 5.91 Å². The second kappa shape index (κ2) is 8.95. The zero-order valence-electron chi connectivity index (χ0n) is 14.5. The zero-order chi connectivity index (χ0) is 18.4. The van der Waals surface area contributed by atoms with Gasteiger partial charge in [-0.2, -0.15) is 4.31 Å². The average Bonchev–Trinajstić information content (AvgIpc) is 2.58. The minimum Gasteiger partial charge on any atom is -0.370 e. The van der Waals surface area contributed by atoms with E-state index in [1.54, 1.807) is 19.9 Å². The van der Waals surface area contributed by atoms with Crippen LogP contribution in [-0.2, 0) is 19.6 Å². The molecule has 1 aromatic rings. The molecule has 0 unspecified atom stereocenters. The SMILES string of the molecule is CCN(CC)S(=O)(=O)c1cc(NC(=O)C[NH+]2CCOCC2)ccc1Cl. The van der Waals surface area contributed by atoms with Gasteiger partial charge in [-0.1, -0.05) is 25.4 Å². The fourth-order valence-electron chi connectivity index (χ4n) is 2.75. The smallest absolute Gasteiger partial charge is 0.279 e. The highest BCUT2D eigenvalue weighted by Crippen LogP contribution is 2.27. The molecule has 140 valence electrons. The highest BCUT2D eigenvalue weighted by atomic mass is 35.5. The van der Waals surface area contributed by atoms with E-state index >= 15 is 0 Å². The number of hydrogen-bond acceptors (Lipinski definition) is 4. The van der Waals surface area contributed by atoms with Gasteiger partial charge in [0.1, 0.15) is 18.0 Å². The quantitative estimate of drug-likeness (QED) is 0.698. The van der Waals surface area contributed by atoms with Crippen LogP contribution in [0.25, 0.3) is 0 Å². The Bertz CT molecular complexity index is 701. The molecule has 0 aromatic heterocycles. The van der Waals surface area contributed by atoms with E-state index in [9.17, 15) is 13.2 Å². The predicted octanol–water partition coefficient (Wildman–Crippen LogP) is 0.224. The summed E-state index contributed by atoms with van der Waals surface area (Å²) in [7, 11) is -3.69. The van der Waals surface area contributed by atoms with Crippen LogP contribution in [0.1, 0.15) is 13.8 Å². The number of anilines is 1. The molecule has 1 aromatic carbocycles. The molecule has 1 fully saturated rings. The molecule has 0 aliphatic carbocycles. The Hall–Kier alpha value is -1.19. The monoisotopic (exact) mass is 390 g/mol. The number of halogens is 1. The van der Waals surface area contributed by atoms with Gasteiger partial charge in [-0.15, -0.1) is 0 Å². The molecule has 0 saturated carbocycles. The third kappa shape index (κ3) is 5.15. The van der Waals surface area contributed by atoms with E-state index in [-0.39, 0.29) is 15.8 Å². The zero-order valence-corrected chi connectivity index (χ0v) is 16.1. The number of rotatable bonds is 7. The van der Waals surface area contributed by atoms with Gasteiger partial charge in [-0.3, -0.25) is 4.79 Å². The first-order chi connectivity index (χ1) is 11.9. The van der Waals surface area contributed by atoms with Gasteiger partial charge in [0, 0.05) is 18.8 Å². The first-order valence-electron chi connectivity index (χ1n) is 8.39. The van der Waals surface area contributed by atoms with Gasteiger partial charge in [0.15, 0.2) is 6.54 Å². The Morgan fingerprint density at radius 3 is 2.52 bits per heavy atom. The molecule has 7 nitrogen and oxygen atoms in total. The highest BCUT2D eigenvalue weighted by Gasteiger charge is 2.25. The van der Waals surface area contributed by atoms with Gasteiger partial charge in [-0.05, 0) is 18.2 Å². The van der Waals surface area contributed by atoms with Crippen LogP contribution in [-0.4, -0.2) is 64.6 Å². The van der Waals surface area contributed by atoms with Crippen molar-refractivity contribution in [3.63, 3.8) is 0 Å². The number of quaternary nitrogens is 1. The molecule has 0 radical (unpaired) electrons. The van der Waals surface area contributed by atoms with Crippen LogP contribution in [0, 0.1) is 0 Å². The van der Waals surface area contributed by atoms with Crippen LogP contribution < -0.4 is 10.2 Å². The number of hydrogen-bond donors (Lipinski definition) is 2. The molecule has 25 heavy (non-hydrogen) atoms. The molecule has 0 bridgehead atoms. The van der Waals surface area contributed by atoms with E-state index in [2.05, 4.69) is 5.32 Å². The van der Waals surface area contributed by atoms with Crippen LogP contribution in [0.2, 0.25) is 5.02 Å². The fourth-order valence-corrected chi connectivity index (χ4v) is 4.71. The van der Waals surface area contributed by atoms with E-state index in [4.69, 9.17) is 16.3 Å². The number of nitrogens with one attached hydrogen (secondary N) is 2. The maximum atomic E-state index is 12.7. The summed E-state index contributed by atoms with van der Waals surface area (Å²) in [5.41, 5.74) is 0.424. The normalized spacial score (nSPS) is 16.2. The van der Waals surface area contributed by atoms with Crippen LogP contribution in [0.15, 0.2) is 23.1 Å². The predicted molar refractivity (Wildman–Crippen MR) is 96.6 cm³/mol. The standard InChI is InChI=1S/C16H24ClN3O4S/c1-3-20(4-2)25(22,23)15-11-13(5-6-14(15)17)18-16(21)12-19-7-9-24-10-8-19/h5-6,11H,3-4,7-10,12H2,1-2H3,(H,18,21)/p+1. The van der Waals surface area contributed by atoms with E-state index in [0.717, 1.165) is 18.0 Å². The second-order valence-electron chi connectivity index (χ2n) is 5.82. The first-order valence-corrected chi connectivity index (χ1v) is 10.2. The van der Waals surface area contributed by atoms with Crippen molar-refractivity contribution in [2.24, 2.45) is 0 Å². The lowest BCUT2D eigenvalue weighted by molar-refractivity contribution is -0.899. The topological polar surface area (TPSA) is 80.2 Å². The summed E-state index contributed by atoms with van der Waals surface area (Å²) in [5, 5.41) is 2.90. The van der Waals surface area contributed by atoms with Crippen molar-refractivity contribution in [3.8, 4) is 0 Å². The summed E-state index contributed by atoms with van der Waals surface area (Å²) in [6, 6.07) is 4.52. The second-order valence-corrected chi connectivity index (χ2v) is 8.14. The van der Waals surface area contributed by atoms with Gasteiger partial charge in [0.05, 0.1) is 18.2 Å². The first kappa shape index (κ1) is 20.1. The summed E-state index contributed by atoms with van der Waals surface area (Å²) in [5.74, 6) is -0.162. The number of amides is 1. The molecular formula is C16H25ClN3O4S+. The van der Waals surface area contributed by atoms with Gasteiger partial charge < -0.3 is 15.0 Å². The molecular weight excluding hydrogens is 366 g/mol. The molecule has 1 heterocycles. The maximum Gasteiger partial charge on any atom is 0.279 e. The molecule has 1 saturated heterocycles. The van der Waals surface area contributed by atoms with Crippen LogP contribution in [0.4, 0.5) is 5.69 Å². The molecule has 1 amide bonds. The molecule has 2 rings (SSSR count).